The van der Waals surface area contributed by atoms with Crippen molar-refractivity contribution in [1.29, 1.82) is 0 Å². The highest BCUT2D eigenvalue weighted by Gasteiger charge is 2.41. The Labute approximate surface area is 162 Å². The largest absolute Gasteiger partial charge is 0.497 e. The number of benzene rings is 2. The molecule has 7 nitrogen and oxygen atoms in total. The number of fused-ring (bicyclic) bond motifs is 1. The Hall–Kier alpha value is -3.42. The van der Waals surface area contributed by atoms with Gasteiger partial charge in [0, 0.05) is 13.1 Å². The Balaban J connectivity index is 1.78. The number of carbonyl (C=O) groups excluding carboxylic acids is 1. The first-order valence-corrected chi connectivity index (χ1v) is 8.85. The highest BCUT2D eigenvalue weighted by Crippen LogP contribution is 2.31. The van der Waals surface area contributed by atoms with Crippen LogP contribution in [0.5, 0.6) is 5.75 Å². The minimum Gasteiger partial charge on any atom is -0.497 e. The maximum absolute atomic E-state index is 13.4. The van der Waals surface area contributed by atoms with Crippen LogP contribution in [0.3, 0.4) is 0 Å². The number of nitrogens with zero attached hydrogens (tertiary/aromatic N) is 4. The van der Waals surface area contributed by atoms with E-state index in [0.717, 1.165) is 11.1 Å². The molecule has 1 saturated heterocycles. The van der Waals surface area contributed by atoms with Crippen LogP contribution in [0.4, 0.5) is 14.9 Å². The molecule has 4 rings (SSSR count). The van der Waals surface area contributed by atoms with E-state index in [1.165, 1.54) is 17.0 Å². The minimum atomic E-state index is -0.311. The molecule has 28 heavy (non-hydrogen) atoms. The Morgan fingerprint density at radius 2 is 2.00 bits per heavy atom. The van der Waals surface area contributed by atoms with Crippen LogP contribution in [-0.2, 0) is 0 Å². The molecule has 144 valence electrons. The van der Waals surface area contributed by atoms with Gasteiger partial charge in [0.1, 0.15) is 11.6 Å². The van der Waals surface area contributed by atoms with Crippen LogP contribution in [0.15, 0.2) is 52.4 Å². The number of aryl methyl sites for hydroxylation is 1. The molecule has 2 aliphatic rings. The van der Waals surface area contributed by atoms with Gasteiger partial charge in [0.15, 0.2) is 0 Å². The van der Waals surface area contributed by atoms with Gasteiger partial charge < -0.3 is 4.74 Å². The first-order chi connectivity index (χ1) is 13.5. The Kier molecular flexibility index (Phi) is 4.46. The third kappa shape index (κ3) is 3.06. The Bertz CT molecular complexity index is 987. The first kappa shape index (κ1) is 18.0. The summed E-state index contributed by atoms with van der Waals surface area (Å²) in [6.07, 6.45) is 0. The molecule has 0 bridgehead atoms. The zero-order valence-electron chi connectivity index (χ0n) is 15.8. The van der Waals surface area contributed by atoms with E-state index in [-0.39, 0.29) is 17.9 Å². The van der Waals surface area contributed by atoms with Crippen LogP contribution < -0.4 is 10.1 Å². The summed E-state index contributed by atoms with van der Waals surface area (Å²) in [5, 5.41) is 2.83. The van der Waals surface area contributed by atoms with Crippen molar-refractivity contribution in [2.75, 3.05) is 20.7 Å². The van der Waals surface area contributed by atoms with Crippen LogP contribution in [0.2, 0.25) is 0 Å². The minimum absolute atomic E-state index is 0.191. The van der Waals surface area contributed by atoms with E-state index in [0.29, 0.717) is 29.9 Å². The number of rotatable bonds is 3. The first-order valence-electron chi connectivity index (χ1n) is 8.85. The summed E-state index contributed by atoms with van der Waals surface area (Å²) in [4.78, 5) is 24.9. The predicted octanol–water partition coefficient (Wildman–Crippen LogP) is 3.20. The van der Waals surface area contributed by atoms with Crippen molar-refractivity contribution in [2.24, 2.45) is 9.98 Å². The molecule has 2 aliphatic heterocycles. The monoisotopic (exact) mass is 381 g/mol. The summed E-state index contributed by atoms with van der Waals surface area (Å²) >= 11 is 0. The molecule has 2 amide bonds. The second-order valence-corrected chi connectivity index (χ2v) is 6.66. The molecule has 0 aromatic heterocycles. The lowest BCUT2D eigenvalue weighted by atomic mass is 10.1. The van der Waals surface area contributed by atoms with E-state index in [1.807, 2.05) is 30.0 Å². The Morgan fingerprint density at radius 3 is 2.71 bits per heavy atom. The molecule has 2 aromatic rings. The van der Waals surface area contributed by atoms with Crippen LogP contribution >= 0.6 is 0 Å². The average Bonchev–Trinajstić information content (AvgIpc) is 3.13. The van der Waals surface area contributed by atoms with Crippen molar-refractivity contribution < 1.29 is 13.9 Å². The third-order valence-electron chi connectivity index (χ3n) is 4.88. The number of guanidine groups is 2. The van der Waals surface area contributed by atoms with E-state index < -0.39 is 0 Å². The number of hydrogen-bond acceptors (Lipinski definition) is 4. The van der Waals surface area contributed by atoms with Gasteiger partial charge in [-0.2, -0.15) is 0 Å². The molecule has 1 fully saturated rings. The van der Waals surface area contributed by atoms with Crippen LogP contribution in [0.1, 0.15) is 17.2 Å². The second kappa shape index (κ2) is 6.95. The fraction of sp³-hybridized carbons (Fsp3) is 0.250. The number of carbonyl (C=O) groups is 1. The molecule has 8 heteroatoms. The number of aliphatic imine (C=N–C) groups is 2. The molecule has 0 spiro atoms. The maximum Gasteiger partial charge on any atom is 0.330 e. The molecular weight excluding hydrogens is 361 g/mol. The third-order valence-corrected chi connectivity index (χ3v) is 4.88. The fourth-order valence-electron chi connectivity index (χ4n) is 3.28. The molecule has 2 aromatic carbocycles. The molecule has 0 aliphatic carbocycles. The van der Waals surface area contributed by atoms with Gasteiger partial charge in [0.25, 0.3) is 0 Å². The van der Waals surface area contributed by atoms with Crippen LogP contribution in [0, 0.1) is 12.7 Å². The summed E-state index contributed by atoms with van der Waals surface area (Å²) in [6.45, 7) is 2.38. The number of halogens is 1. The van der Waals surface area contributed by atoms with E-state index in [9.17, 15) is 9.18 Å². The second-order valence-electron chi connectivity index (χ2n) is 6.66. The van der Waals surface area contributed by atoms with Crippen LogP contribution in [-0.4, -0.2) is 48.5 Å². The van der Waals surface area contributed by atoms with Gasteiger partial charge in [0.05, 0.1) is 25.4 Å². The summed E-state index contributed by atoms with van der Waals surface area (Å²) < 4.78 is 18.6. The topological polar surface area (TPSA) is 69.5 Å². The summed E-state index contributed by atoms with van der Waals surface area (Å²) in [5.41, 5.74) is 2.51. The highest BCUT2D eigenvalue weighted by atomic mass is 19.1. The molecular formula is C20H20FN5O2. The maximum atomic E-state index is 13.4. The number of urea groups is 1. The number of nitrogens with one attached hydrogen (secondary N) is 1. The van der Waals surface area contributed by atoms with E-state index in [2.05, 4.69) is 10.3 Å². The normalized spacial score (nSPS) is 20.1. The lowest BCUT2D eigenvalue weighted by Crippen LogP contribution is -2.61. The van der Waals surface area contributed by atoms with Gasteiger partial charge in [0.2, 0.25) is 11.9 Å². The predicted molar refractivity (Wildman–Crippen MR) is 104 cm³/mol. The SMILES string of the molecule is COc1ccc(C)c(N=C2NC(=O)N(C)C3=NCC(c4ccc(F)cc4)N23)c1. The molecule has 0 saturated carbocycles. The average molecular weight is 381 g/mol. The van der Waals surface area contributed by atoms with Gasteiger partial charge in [-0.3, -0.25) is 15.1 Å². The fourth-order valence-corrected chi connectivity index (χ4v) is 3.28. The van der Waals surface area contributed by atoms with Gasteiger partial charge in [-0.05, 0) is 36.2 Å². The van der Waals surface area contributed by atoms with Crippen molar-refractivity contribution in [1.82, 2.24) is 15.1 Å². The standard InChI is InChI=1S/C20H20FN5O2/c1-12-4-9-15(28-3)10-16(12)23-18-24-20(27)25(2)19-22-11-17(26(18)19)13-5-7-14(21)8-6-13/h4-10,17H,11H2,1-3H3,(H,23,24,27). The highest BCUT2D eigenvalue weighted by molar-refractivity contribution is 6.16. The van der Waals surface area contributed by atoms with Crippen molar-refractivity contribution in [2.45, 2.75) is 13.0 Å². The molecule has 1 atom stereocenters. The van der Waals surface area contributed by atoms with Crippen molar-refractivity contribution in [3.63, 3.8) is 0 Å². The molecule has 1 unspecified atom stereocenters. The number of hydrogen-bond donors (Lipinski definition) is 1. The smallest absolute Gasteiger partial charge is 0.330 e. The lowest BCUT2D eigenvalue weighted by Gasteiger charge is -2.36. The number of amides is 2. The van der Waals surface area contributed by atoms with Gasteiger partial charge in [-0.1, -0.05) is 18.2 Å². The lowest BCUT2D eigenvalue weighted by molar-refractivity contribution is 0.222. The van der Waals surface area contributed by atoms with Crippen LogP contribution in [0.25, 0.3) is 0 Å². The molecule has 1 N–H and O–H groups in total. The van der Waals surface area contributed by atoms with Gasteiger partial charge in [-0.25, -0.2) is 19.2 Å². The Morgan fingerprint density at radius 1 is 1.25 bits per heavy atom. The van der Waals surface area contributed by atoms with Gasteiger partial charge >= 0.3 is 6.03 Å². The quantitative estimate of drug-likeness (QED) is 0.888. The summed E-state index contributed by atoms with van der Waals surface area (Å²) in [5.74, 6) is 1.27. The van der Waals surface area contributed by atoms with E-state index in [1.54, 1.807) is 26.3 Å². The van der Waals surface area contributed by atoms with Crippen molar-refractivity contribution in [3.05, 3.63) is 59.4 Å². The number of methoxy groups -OCH3 is 1. The zero-order valence-corrected chi connectivity index (χ0v) is 15.8. The zero-order chi connectivity index (χ0) is 19.8. The van der Waals surface area contributed by atoms with Crippen molar-refractivity contribution >= 4 is 23.6 Å². The molecule has 2 heterocycles. The summed E-state index contributed by atoms with van der Waals surface area (Å²) in [7, 11) is 3.25. The number of ether oxygens (including phenoxy) is 1. The summed E-state index contributed by atoms with van der Waals surface area (Å²) in [6, 6.07) is 11.4. The van der Waals surface area contributed by atoms with E-state index >= 15 is 0 Å². The molecule has 0 radical (unpaired) electrons. The van der Waals surface area contributed by atoms with Gasteiger partial charge in [-0.15, -0.1) is 0 Å². The van der Waals surface area contributed by atoms with Crippen molar-refractivity contribution in [3.8, 4) is 5.75 Å². The van der Waals surface area contributed by atoms with E-state index in [4.69, 9.17) is 9.73 Å².